The third kappa shape index (κ3) is 6.09. The van der Waals surface area contributed by atoms with Gasteiger partial charge in [0.15, 0.2) is 6.61 Å². The van der Waals surface area contributed by atoms with Crippen LogP contribution in [0.1, 0.15) is 25.0 Å². The summed E-state index contributed by atoms with van der Waals surface area (Å²) in [5.41, 5.74) is 2.01. The van der Waals surface area contributed by atoms with Crippen LogP contribution in [-0.2, 0) is 16.1 Å². The van der Waals surface area contributed by atoms with Crippen molar-refractivity contribution in [3.8, 4) is 5.75 Å². The molecule has 0 aliphatic carbocycles. The standard InChI is InChI=1S/C21H25FN2O3/c1-4-23-21(26)16(3)24(13-17-7-5-6-15(2)12-17)20(25)14-27-19-10-8-18(22)9-11-19/h5-12,16H,4,13-14H2,1-3H3,(H,23,26). The van der Waals surface area contributed by atoms with Crippen LogP contribution in [0.4, 0.5) is 4.39 Å². The smallest absolute Gasteiger partial charge is 0.261 e. The summed E-state index contributed by atoms with van der Waals surface area (Å²) in [6.07, 6.45) is 0. The molecule has 0 radical (unpaired) electrons. The Labute approximate surface area is 159 Å². The largest absolute Gasteiger partial charge is 0.484 e. The maximum atomic E-state index is 13.0. The second-order valence-corrected chi connectivity index (χ2v) is 6.32. The van der Waals surface area contributed by atoms with Crippen molar-refractivity contribution in [1.29, 1.82) is 0 Å². The summed E-state index contributed by atoms with van der Waals surface area (Å²) in [4.78, 5) is 26.5. The molecule has 144 valence electrons. The Morgan fingerprint density at radius 2 is 1.89 bits per heavy atom. The molecular formula is C21H25FN2O3. The van der Waals surface area contributed by atoms with E-state index in [-0.39, 0.29) is 24.2 Å². The fourth-order valence-corrected chi connectivity index (χ4v) is 2.67. The number of carbonyl (C=O) groups excluding carboxylic acids is 2. The molecule has 0 aromatic heterocycles. The van der Waals surface area contributed by atoms with Gasteiger partial charge in [-0.1, -0.05) is 29.8 Å². The van der Waals surface area contributed by atoms with Crippen molar-refractivity contribution in [3.05, 3.63) is 65.5 Å². The van der Waals surface area contributed by atoms with E-state index in [1.54, 1.807) is 6.92 Å². The number of hydrogen-bond acceptors (Lipinski definition) is 3. The SMILES string of the molecule is CCNC(=O)C(C)N(Cc1cccc(C)c1)C(=O)COc1ccc(F)cc1. The molecule has 0 aliphatic heterocycles. The van der Waals surface area contributed by atoms with E-state index in [1.807, 2.05) is 38.1 Å². The van der Waals surface area contributed by atoms with Crippen LogP contribution in [0, 0.1) is 12.7 Å². The monoisotopic (exact) mass is 372 g/mol. The second-order valence-electron chi connectivity index (χ2n) is 6.32. The predicted octanol–water partition coefficient (Wildman–Crippen LogP) is 3.07. The van der Waals surface area contributed by atoms with Gasteiger partial charge in [-0.15, -0.1) is 0 Å². The van der Waals surface area contributed by atoms with Gasteiger partial charge < -0.3 is 15.0 Å². The van der Waals surface area contributed by atoms with Gasteiger partial charge >= 0.3 is 0 Å². The maximum absolute atomic E-state index is 13.0. The number of hydrogen-bond donors (Lipinski definition) is 1. The van der Waals surface area contributed by atoms with E-state index in [9.17, 15) is 14.0 Å². The molecule has 0 saturated heterocycles. The quantitative estimate of drug-likeness (QED) is 0.775. The third-order valence-corrected chi connectivity index (χ3v) is 4.13. The summed E-state index contributed by atoms with van der Waals surface area (Å²) in [5.74, 6) is -0.523. The number of aryl methyl sites for hydroxylation is 1. The van der Waals surface area contributed by atoms with Crippen molar-refractivity contribution in [2.75, 3.05) is 13.2 Å². The summed E-state index contributed by atoms with van der Waals surface area (Å²) in [6.45, 7) is 6.04. The van der Waals surface area contributed by atoms with Crippen LogP contribution in [0.25, 0.3) is 0 Å². The zero-order chi connectivity index (χ0) is 19.8. The Kier molecular flexibility index (Phi) is 7.34. The number of ether oxygens (including phenoxy) is 1. The predicted molar refractivity (Wildman–Crippen MR) is 102 cm³/mol. The Morgan fingerprint density at radius 3 is 2.52 bits per heavy atom. The third-order valence-electron chi connectivity index (χ3n) is 4.13. The first-order valence-corrected chi connectivity index (χ1v) is 8.91. The van der Waals surface area contributed by atoms with Crippen LogP contribution >= 0.6 is 0 Å². The fraction of sp³-hybridized carbons (Fsp3) is 0.333. The molecule has 27 heavy (non-hydrogen) atoms. The lowest BCUT2D eigenvalue weighted by atomic mass is 10.1. The van der Waals surface area contributed by atoms with Crippen LogP contribution < -0.4 is 10.1 Å². The van der Waals surface area contributed by atoms with Gasteiger partial charge in [-0.05, 0) is 50.6 Å². The average molecular weight is 372 g/mol. The minimum absolute atomic E-state index is 0.222. The molecule has 0 heterocycles. The van der Waals surface area contributed by atoms with Crippen molar-refractivity contribution < 1.29 is 18.7 Å². The number of halogens is 1. The molecule has 0 bridgehead atoms. The molecule has 2 rings (SSSR count). The van der Waals surface area contributed by atoms with E-state index in [0.29, 0.717) is 18.8 Å². The highest BCUT2D eigenvalue weighted by atomic mass is 19.1. The number of nitrogens with one attached hydrogen (secondary N) is 1. The fourth-order valence-electron chi connectivity index (χ4n) is 2.67. The molecule has 2 aromatic carbocycles. The van der Waals surface area contributed by atoms with Gasteiger partial charge in [0.2, 0.25) is 5.91 Å². The lowest BCUT2D eigenvalue weighted by Gasteiger charge is -2.28. The lowest BCUT2D eigenvalue weighted by molar-refractivity contribution is -0.142. The number of amides is 2. The lowest BCUT2D eigenvalue weighted by Crippen LogP contribution is -2.49. The van der Waals surface area contributed by atoms with E-state index in [2.05, 4.69) is 5.32 Å². The molecule has 0 spiro atoms. The number of nitrogens with zero attached hydrogens (tertiary/aromatic N) is 1. The van der Waals surface area contributed by atoms with Crippen LogP contribution in [0.3, 0.4) is 0 Å². The first kappa shape index (κ1) is 20.4. The van der Waals surface area contributed by atoms with Gasteiger partial charge in [0.1, 0.15) is 17.6 Å². The van der Waals surface area contributed by atoms with Gasteiger partial charge in [0.05, 0.1) is 0 Å². The van der Waals surface area contributed by atoms with Crippen LogP contribution in [0.2, 0.25) is 0 Å². The summed E-state index contributed by atoms with van der Waals surface area (Å²) in [6, 6.07) is 12.6. The number of likely N-dealkylation sites (N-methyl/N-ethyl adjacent to an activating group) is 1. The molecule has 5 nitrogen and oxygen atoms in total. The van der Waals surface area contributed by atoms with Gasteiger partial charge in [-0.2, -0.15) is 0 Å². The highest BCUT2D eigenvalue weighted by molar-refractivity contribution is 5.87. The molecule has 2 aromatic rings. The summed E-state index contributed by atoms with van der Waals surface area (Å²) >= 11 is 0. The first-order valence-electron chi connectivity index (χ1n) is 8.91. The molecular weight excluding hydrogens is 347 g/mol. The molecule has 6 heteroatoms. The van der Waals surface area contributed by atoms with Crippen LogP contribution in [0.5, 0.6) is 5.75 Å². The van der Waals surface area contributed by atoms with Crippen molar-refractivity contribution >= 4 is 11.8 Å². The van der Waals surface area contributed by atoms with Gasteiger partial charge in [-0.3, -0.25) is 9.59 Å². The van der Waals surface area contributed by atoms with E-state index in [1.165, 1.54) is 29.2 Å². The van der Waals surface area contributed by atoms with Crippen molar-refractivity contribution in [1.82, 2.24) is 10.2 Å². The molecule has 1 N–H and O–H groups in total. The van der Waals surface area contributed by atoms with E-state index in [4.69, 9.17) is 4.74 Å². The highest BCUT2D eigenvalue weighted by Crippen LogP contribution is 2.14. The van der Waals surface area contributed by atoms with Gasteiger partial charge in [0, 0.05) is 13.1 Å². The van der Waals surface area contributed by atoms with Crippen molar-refractivity contribution in [3.63, 3.8) is 0 Å². The summed E-state index contributed by atoms with van der Waals surface area (Å²) in [7, 11) is 0. The maximum Gasteiger partial charge on any atom is 0.261 e. The molecule has 0 aliphatic rings. The second kappa shape index (κ2) is 9.71. The number of benzene rings is 2. The van der Waals surface area contributed by atoms with E-state index in [0.717, 1.165) is 11.1 Å². The number of carbonyl (C=O) groups is 2. The van der Waals surface area contributed by atoms with E-state index < -0.39 is 6.04 Å². The van der Waals surface area contributed by atoms with Crippen molar-refractivity contribution in [2.24, 2.45) is 0 Å². The van der Waals surface area contributed by atoms with Gasteiger partial charge in [-0.25, -0.2) is 4.39 Å². The topological polar surface area (TPSA) is 58.6 Å². The van der Waals surface area contributed by atoms with Crippen molar-refractivity contribution in [2.45, 2.75) is 33.4 Å². The minimum Gasteiger partial charge on any atom is -0.484 e. The highest BCUT2D eigenvalue weighted by Gasteiger charge is 2.26. The molecule has 1 unspecified atom stereocenters. The zero-order valence-corrected chi connectivity index (χ0v) is 15.9. The Bertz CT molecular complexity index is 777. The summed E-state index contributed by atoms with van der Waals surface area (Å²) < 4.78 is 18.4. The molecule has 0 saturated carbocycles. The number of rotatable bonds is 8. The van der Waals surface area contributed by atoms with Gasteiger partial charge in [0.25, 0.3) is 5.91 Å². The first-order chi connectivity index (χ1) is 12.9. The Balaban J connectivity index is 2.12. The molecule has 2 amide bonds. The van der Waals surface area contributed by atoms with Crippen LogP contribution in [-0.4, -0.2) is 35.9 Å². The van der Waals surface area contributed by atoms with E-state index >= 15 is 0 Å². The molecule has 1 atom stereocenters. The van der Waals surface area contributed by atoms with Crippen LogP contribution in [0.15, 0.2) is 48.5 Å². The average Bonchev–Trinajstić information content (AvgIpc) is 2.65. The normalized spacial score (nSPS) is 11.6. The summed E-state index contributed by atoms with van der Waals surface area (Å²) in [5, 5.41) is 2.74. The zero-order valence-electron chi connectivity index (χ0n) is 15.9. The Morgan fingerprint density at radius 1 is 1.19 bits per heavy atom. The minimum atomic E-state index is -0.644. The Hall–Kier alpha value is -2.89. The molecule has 0 fully saturated rings.